The number of aliphatic hydroxyl groups excluding tert-OH is 1. The molecule has 0 aliphatic carbocycles. The number of fused-ring (bicyclic) bond motifs is 1. The monoisotopic (exact) mass is 404 g/mol. The smallest absolute Gasteiger partial charge is 0.276 e. The molecular formula is C22H20N4O4. The summed E-state index contributed by atoms with van der Waals surface area (Å²) in [6.45, 7) is -0.0503. The maximum atomic E-state index is 12.7. The first kappa shape index (κ1) is 19.4. The van der Waals surface area contributed by atoms with Gasteiger partial charge in [0.05, 0.1) is 26.5 Å². The Hall–Kier alpha value is -3.91. The first-order valence-corrected chi connectivity index (χ1v) is 9.21. The summed E-state index contributed by atoms with van der Waals surface area (Å²) < 4.78 is 12.3. The molecule has 0 saturated heterocycles. The summed E-state index contributed by atoms with van der Waals surface area (Å²) in [6, 6.07) is 15.9. The van der Waals surface area contributed by atoms with Gasteiger partial charge in [0.1, 0.15) is 0 Å². The topological polar surface area (TPSA) is 98.0 Å². The molecule has 8 heteroatoms. The molecule has 4 rings (SSSR count). The molecule has 0 bridgehead atoms. The number of hydrogen-bond donors (Lipinski definition) is 2. The summed E-state index contributed by atoms with van der Waals surface area (Å²) in [7, 11) is 3.16. The minimum absolute atomic E-state index is 0.0503. The van der Waals surface area contributed by atoms with Crippen molar-refractivity contribution in [2.45, 2.75) is 6.61 Å². The van der Waals surface area contributed by atoms with Crippen molar-refractivity contribution in [3.8, 4) is 22.8 Å². The van der Waals surface area contributed by atoms with Crippen LogP contribution in [0, 0.1) is 0 Å². The Kier molecular flexibility index (Phi) is 5.32. The van der Waals surface area contributed by atoms with E-state index in [4.69, 9.17) is 14.6 Å². The predicted molar refractivity (Wildman–Crippen MR) is 112 cm³/mol. The number of benzene rings is 2. The first-order chi connectivity index (χ1) is 14.6. The second kappa shape index (κ2) is 8.22. The average molecular weight is 404 g/mol. The molecule has 0 fully saturated rings. The van der Waals surface area contributed by atoms with E-state index in [2.05, 4.69) is 15.4 Å². The molecular weight excluding hydrogens is 384 g/mol. The highest BCUT2D eigenvalue weighted by molar-refractivity contribution is 6.03. The average Bonchev–Trinajstić information content (AvgIpc) is 3.24. The van der Waals surface area contributed by atoms with Gasteiger partial charge in [-0.05, 0) is 42.0 Å². The van der Waals surface area contributed by atoms with Gasteiger partial charge in [-0.3, -0.25) is 4.79 Å². The number of methoxy groups -OCH3 is 2. The van der Waals surface area contributed by atoms with Crippen LogP contribution in [-0.4, -0.2) is 39.8 Å². The highest BCUT2D eigenvalue weighted by Crippen LogP contribution is 2.32. The SMILES string of the molecule is COc1ccc(-c2ccnc3cc(C(=O)Nc4ccc(CO)cc4)nn23)cc1OC. The van der Waals surface area contributed by atoms with Crippen molar-refractivity contribution in [1.29, 1.82) is 0 Å². The van der Waals surface area contributed by atoms with E-state index in [0.717, 1.165) is 16.8 Å². The molecule has 0 unspecified atom stereocenters. The molecule has 0 saturated carbocycles. The number of amides is 1. The summed E-state index contributed by atoms with van der Waals surface area (Å²) in [6.07, 6.45) is 1.67. The van der Waals surface area contributed by atoms with Gasteiger partial charge in [0, 0.05) is 23.5 Å². The Balaban J connectivity index is 1.67. The van der Waals surface area contributed by atoms with Gasteiger partial charge in [0.2, 0.25) is 0 Å². The zero-order valence-electron chi connectivity index (χ0n) is 16.5. The van der Waals surface area contributed by atoms with E-state index in [0.29, 0.717) is 22.8 Å². The number of hydrogen-bond acceptors (Lipinski definition) is 6. The van der Waals surface area contributed by atoms with E-state index in [-0.39, 0.29) is 18.2 Å². The molecule has 8 nitrogen and oxygen atoms in total. The number of anilines is 1. The number of nitrogens with one attached hydrogen (secondary N) is 1. The van der Waals surface area contributed by atoms with E-state index >= 15 is 0 Å². The summed E-state index contributed by atoms with van der Waals surface area (Å²) in [5.74, 6) is 0.867. The van der Waals surface area contributed by atoms with Crippen LogP contribution in [0.25, 0.3) is 16.9 Å². The van der Waals surface area contributed by atoms with Gasteiger partial charge in [-0.1, -0.05) is 12.1 Å². The zero-order valence-corrected chi connectivity index (χ0v) is 16.5. The van der Waals surface area contributed by atoms with Gasteiger partial charge in [0.25, 0.3) is 5.91 Å². The molecule has 2 N–H and O–H groups in total. The van der Waals surface area contributed by atoms with Crippen LogP contribution in [0.15, 0.2) is 60.8 Å². The maximum Gasteiger partial charge on any atom is 0.276 e. The van der Waals surface area contributed by atoms with Crippen LogP contribution in [0.4, 0.5) is 5.69 Å². The van der Waals surface area contributed by atoms with Crippen molar-refractivity contribution in [1.82, 2.24) is 14.6 Å². The molecule has 0 spiro atoms. The lowest BCUT2D eigenvalue weighted by molar-refractivity contribution is 0.102. The fourth-order valence-electron chi connectivity index (χ4n) is 3.11. The zero-order chi connectivity index (χ0) is 21.1. The Morgan fingerprint density at radius 2 is 1.80 bits per heavy atom. The van der Waals surface area contributed by atoms with Crippen LogP contribution in [-0.2, 0) is 6.61 Å². The third kappa shape index (κ3) is 3.68. The van der Waals surface area contributed by atoms with Gasteiger partial charge in [-0.25, -0.2) is 9.50 Å². The number of carbonyl (C=O) groups is 1. The largest absolute Gasteiger partial charge is 0.493 e. The number of aromatic nitrogens is 3. The lowest BCUT2D eigenvalue weighted by atomic mass is 10.1. The summed E-state index contributed by atoms with van der Waals surface area (Å²) in [5, 5.41) is 16.4. The van der Waals surface area contributed by atoms with Gasteiger partial charge in [-0.15, -0.1) is 0 Å². The summed E-state index contributed by atoms with van der Waals surface area (Å²) in [4.78, 5) is 17.0. The molecule has 0 aliphatic heterocycles. The molecule has 30 heavy (non-hydrogen) atoms. The summed E-state index contributed by atoms with van der Waals surface area (Å²) in [5.41, 5.74) is 3.76. The van der Waals surface area contributed by atoms with E-state index in [1.165, 1.54) is 0 Å². The van der Waals surface area contributed by atoms with Crippen molar-refractivity contribution < 1.29 is 19.4 Å². The van der Waals surface area contributed by atoms with Crippen LogP contribution >= 0.6 is 0 Å². The fourth-order valence-corrected chi connectivity index (χ4v) is 3.11. The third-order valence-electron chi connectivity index (χ3n) is 4.66. The molecule has 4 aromatic rings. The second-order valence-corrected chi connectivity index (χ2v) is 6.51. The molecule has 0 atom stereocenters. The maximum absolute atomic E-state index is 12.7. The number of nitrogens with zero attached hydrogens (tertiary/aromatic N) is 3. The predicted octanol–water partition coefficient (Wildman–Crippen LogP) is 3.16. The van der Waals surface area contributed by atoms with E-state index in [9.17, 15) is 4.79 Å². The molecule has 2 aromatic carbocycles. The highest BCUT2D eigenvalue weighted by Gasteiger charge is 2.15. The molecule has 1 amide bonds. The fraction of sp³-hybridized carbons (Fsp3) is 0.136. The van der Waals surface area contributed by atoms with Crippen LogP contribution in [0.1, 0.15) is 16.1 Å². The molecule has 0 aliphatic rings. The Bertz CT molecular complexity index is 1200. The van der Waals surface area contributed by atoms with Crippen molar-refractivity contribution in [3.05, 3.63) is 72.1 Å². The number of ether oxygens (including phenoxy) is 2. The van der Waals surface area contributed by atoms with E-state index in [1.807, 2.05) is 24.3 Å². The Labute approximate surface area is 172 Å². The van der Waals surface area contributed by atoms with E-state index < -0.39 is 0 Å². The lowest BCUT2D eigenvalue weighted by Gasteiger charge is -2.10. The molecule has 152 valence electrons. The minimum atomic E-state index is -0.351. The van der Waals surface area contributed by atoms with Crippen molar-refractivity contribution >= 4 is 17.2 Å². The molecule has 0 radical (unpaired) electrons. The van der Waals surface area contributed by atoms with Crippen molar-refractivity contribution in [3.63, 3.8) is 0 Å². The lowest BCUT2D eigenvalue weighted by Crippen LogP contribution is -2.12. The minimum Gasteiger partial charge on any atom is -0.493 e. The van der Waals surface area contributed by atoms with Gasteiger partial charge in [0.15, 0.2) is 22.8 Å². The van der Waals surface area contributed by atoms with E-state index in [1.54, 1.807) is 55.3 Å². The van der Waals surface area contributed by atoms with Gasteiger partial charge < -0.3 is 19.9 Å². The highest BCUT2D eigenvalue weighted by atomic mass is 16.5. The number of rotatable bonds is 6. The number of carbonyl (C=O) groups excluding carboxylic acids is 1. The van der Waals surface area contributed by atoms with Gasteiger partial charge >= 0.3 is 0 Å². The normalized spacial score (nSPS) is 10.8. The quantitative estimate of drug-likeness (QED) is 0.512. The standard InChI is InChI=1S/C22H20N4O4/c1-29-19-8-5-15(11-20(19)30-2)18-9-10-23-21-12-17(25-26(18)21)22(28)24-16-6-3-14(13-27)4-7-16/h3-12,27H,13H2,1-2H3,(H,24,28). The van der Waals surface area contributed by atoms with Crippen LogP contribution in [0.5, 0.6) is 11.5 Å². The summed E-state index contributed by atoms with van der Waals surface area (Å²) >= 11 is 0. The van der Waals surface area contributed by atoms with Crippen molar-refractivity contribution in [2.75, 3.05) is 19.5 Å². The van der Waals surface area contributed by atoms with Crippen LogP contribution in [0.3, 0.4) is 0 Å². The second-order valence-electron chi connectivity index (χ2n) is 6.51. The van der Waals surface area contributed by atoms with Crippen LogP contribution < -0.4 is 14.8 Å². The third-order valence-corrected chi connectivity index (χ3v) is 4.66. The first-order valence-electron chi connectivity index (χ1n) is 9.21. The number of aliphatic hydroxyl groups is 1. The van der Waals surface area contributed by atoms with Crippen LogP contribution in [0.2, 0.25) is 0 Å². The molecule has 2 aromatic heterocycles. The Morgan fingerprint density at radius 3 is 2.50 bits per heavy atom. The van der Waals surface area contributed by atoms with Crippen molar-refractivity contribution in [2.24, 2.45) is 0 Å². The molecule has 2 heterocycles. The van der Waals surface area contributed by atoms with Gasteiger partial charge in [-0.2, -0.15) is 5.10 Å². The Morgan fingerprint density at radius 1 is 1.03 bits per heavy atom.